The van der Waals surface area contributed by atoms with Gasteiger partial charge in [-0.05, 0) is 36.3 Å². The fourth-order valence-electron chi connectivity index (χ4n) is 1.72. The highest BCUT2D eigenvalue weighted by atomic mass is 16.5. The molecule has 0 heterocycles. The number of hydrogen-bond acceptors (Lipinski definition) is 1. The van der Waals surface area contributed by atoms with E-state index in [1.54, 1.807) is 7.11 Å². The molecule has 15 heavy (non-hydrogen) atoms. The van der Waals surface area contributed by atoms with Crippen LogP contribution >= 0.6 is 0 Å². The minimum atomic E-state index is 0.433. The lowest BCUT2D eigenvalue weighted by Gasteiger charge is -2.18. The number of ether oxygens (including phenoxy) is 1. The van der Waals surface area contributed by atoms with Crippen LogP contribution in [0.4, 0.5) is 0 Å². The molecule has 1 nitrogen and oxygen atoms in total. The lowest BCUT2D eigenvalue weighted by atomic mass is 9.89. The van der Waals surface area contributed by atoms with Gasteiger partial charge in [-0.3, -0.25) is 0 Å². The predicted molar refractivity (Wildman–Crippen MR) is 65.4 cm³/mol. The van der Waals surface area contributed by atoms with Crippen molar-refractivity contribution in [2.24, 2.45) is 5.41 Å². The summed E-state index contributed by atoms with van der Waals surface area (Å²) < 4.78 is 5.33. The molecule has 1 aromatic rings. The summed E-state index contributed by atoms with van der Waals surface area (Å²) in [4.78, 5) is 0. The van der Waals surface area contributed by atoms with Gasteiger partial charge in [0.25, 0.3) is 0 Å². The van der Waals surface area contributed by atoms with E-state index in [4.69, 9.17) is 4.74 Å². The van der Waals surface area contributed by atoms with Gasteiger partial charge in [-0.25, -0.2) is 0 Å². The molecule has 0 atom stereocenters. The van der Waals surface area contributed by atoms with Crippen molar-refractivity contribution in [2.75, 3.05) is 7.11 Å². The van der Waals surface area contributed by atoms with E-state index < -0.39 is 0 Å². The number of aryl methyl sites for hydroxylation is 1. The molecular weight excluding hydrogens is 184 g/mol. The van der Waals surface area contributed by atoms with Crippen LogP contribution in [-0.4, -0.2) is 7.11 Å². The average Bonchev–Trinajstić information content (AvgIpc) is 2.16. The highest BCUT2D eigenvalue weighted by Crippen LogP contribution is 2.24. The lowest BCUT2D eigenvalue weighted by molar-refractivity contribution is 0.362. The summed E-state index contributed by atoms with van der Waals surface area (Å²) in [7, 11) is 1.74. The maximum atomic E-state index is 5.33. The fraction of sp³-hybridized carbons (Fsp3) is 0.571. The number of hydrogen-bond donors (Lipinski definition) is 0. The van der Waals surface area contributed by atoms with E-state index in [9.17, 15) is 0 Å². The molecule has 0 bridgehead atoms. The quantitative estimate of drug-likeness (QED) is 0.721. The Morgan fingerprint density at radius 2 is 1.80 bits per heavy atom. The van der Waals surface area contributed by atoms with E-state index >= 15 is 0 Å². The minimum absolute atomic E-state index is 0.433. The van der Waals surface area contributed by atoms with E-state index in [0.29, 0.717) is 5.41 Å². The van der Waals surface area contributed by atoms with Crippen molar-refractivity contribution in [2.45, 2.75) is 40.0 Å². The zero-order valence-corrected chi connectivity index (χ0v) is 10.3. The third-order valence-corrected chi connectivity index (χ3v) is 2.57. The molecule has 84 valence electrons. The summed E-state index contributed by atoms with van der Waals surface area (Å²) in [5.41, 5.74) is 1.76. The van der Waals surface area contributed by atoms with Crippen LogP contribution in [0, 0.1) is 5.41 Å². The van der Waals surface area contributed by atoms with Gasteiger partial charge >= 0.3 is 0 Å². The molecule has 0 radical (unpaired) electrons. The first kappa shape index (κ1) is 12.1. The second kappa shape index (κ2) is 5.20. The van der Waals surface area contributed by atoms with Crippen LogP contribution in [0.25, 0.3) is 0 Å². The van der Waals surface area contributed by atoms with E-state index in [1.165, 1.54) is 18.4 Å². The Hall–Kier alpha value is -0.980. The Kier molecular flexibility index (Phi) is 4.19. The summed E-state index contributed by atoms with van der Waals surface area (Å²) in [6, 6.07) is 8.29. The molecule has 1 heteroatoms. The van der Waals surface area contributed by atoms with Gasteiger partial charge in [0.2, 0.25) is 0 Å². The molecule has 0 saturated carbocycles. The van der Waals surface area contributed by atoms with E-state index in [1.807, 2.05) is 12.1 Å². The van der Waals surface area contributed by atoms with Crippen LogP contribution in [0.5, 0.6) is 5.75 Å². The monoisotopic (exact) mass is 206 g/mol. The summed E-state index contributed by atoms with van der Waals surface area (Å²) in [5, 5.41) is 0. The summed E-state index contributed by atoms with van der Waals surface area (Å²) >= 11 is 0. The number of benzene rings is 1. The molecule has 0 aromatic heterocycles. The first-order valence-electron chi connectivity index (χ1n) is 5.65. The molecule has 0 saturated heterocycles. The number of methoxy groups -OCH3 is 1. The summed E-state index contributed by atoms with van der Waals surface area (Å²) in [6.45, 7) is 6.86. The highest BCUT2D eigenvalue weighted by molar-refractivity contribution is 5.33. The maximum Gasteiger partial charge on any atom is 0.122 e. The number of para-hydroxylation sites is 1. The Balaban J connectivity index is 2.50. The largest absolute Gasteiger partial charge is 0.496 e. The van der Waals surface area contributed by atoms with E-state index in [0.717, 1.165) is 12.2 Å². The molecule has 1 aromatic carbocycles. The van der Waals surface area contributed by atoms with Crippen LogP contribution < -0.4 is 4.74 Å². The van der Waals surface area contributed by atoms with Crippen LogP contribution in [0.1, 0.15) is 39.2 Å². The van der Waals surface area contributed by atoms with Gasteiger partial charge in [0.05, 0.1) is 7.11 Å². The first-order chi connectivity index (χ1) is 7.03. The van der Waals surface area contributed by atoms with Crippen molar-refractivity contribution in [1.29, 1.82) is 0 Å². The van der Waals surface area contributed by atoms with Gasteiger partial charge in [0, 0.05) is 0 Å². The summed E-state index contributed by atoms with van der Waals surface area (Å²) in [6.07, 6.45) is 3.59. The fourth-order valence-corrected chi connectivity index (χ4v) is 1.72. The molecule has 0 aliphatic carbocycles. The minimum Gasteiger partial charge on any atom is -0.496 e. The lowest BCUT2D eigenvalue weighted by Crippen LogP contribution is -2.05. The van der Waals surface area contributed by atoms with Crippen molar-refractivity contribution in [3.8, 4) is 5.75 Å². The smallest absolute Gasteiger partial charge is 0.122 e. The van der Waals surface area contributed by atoms with Crippen LogP contribution in [-0.2, 0) is 6.42 Å². The Bertz CT molecular complexity index is 296. The maximum absolute atomic E-state index is 5.33. The molecule has 0 N–H and O–H groups in total. The van der Waals surface area contributed by atoms with Crippen molar-refractivity contribution in [3.63, 3.8) is 0 Å². The van der Waals surface area contributed by atoms with Crippen LogP contribution in [0.15, 0.2) is 24.3 Å². The van der Waals surface area contributed by atoms with Crippen LogP contribution in [0.3, 0.4) is 0 Å². The van der Waals surface area contributed by atoms with Crippen molar-refractivity contribution in [1.82, 2.24) is 0 Å². The van der Waals surface area contributed by atoms with Crippen molar-refractivity contribution in [3.05, 3.63) is 29.8 Å². The molecule has 0 spiro atoms. The SMILES string of the molecule is COc1ccccc1CCCC(C)(C)C. The average molecular weight is 206 g/mol. The van der Waals surface area contributed by atoms with Gasteiger partial charge < -0.3 is 4.74 Å². The predicted octanol–water partition coefficient (Wildman–Crippen LogP) is 4.06. The second-order valence-corrected chi connectivity index (χ2v) is 5.23. The van der Waals surface area contributed by atoms with Crippen molar-refractivity contribution >= 4 is 0 Å². The zero-order chi connectivity index (χ0) is 11.3. The molecule has 0 unspecified atom stereocenters. The van der Waals surface area contributed by atoms with Gasteiger partial charge in [0.15, 0.2) is 0 Å². The van der Waals surface area contributed by atoms with E-state index in [2.05, 4.69) is 32.9 Å². The molecular formula is C14H22O. The summed E-state index contributed by atoms with van der Waals surface area (Å²) in [5.74, 6) is 1.02. The molecule has 0 aliphatic heterocycles. The van der Waals surface area contributed by atoms with Gasteiger partial charge in [-0.15, -0.1) is 0 Å². The highest BCUT2D eigenvalue weighted by Gasteiger charge is 2.10. The molecule has 0 fully saturated rings. The standard InChI is InChI=1S/C14H22O/c1-14(2,3)11-7-9-12-8-5-6-10-13(12)15-4/h5-6,8,10H,7,9,11H2,1-4H3. The molecule has 0 amide bonds. The second-order valence-electron chi connectivity index (χ2n) is 5.23. The van der Waals surface area contributed by atoms with E-state index in [-0.39, 0.29) is 0 Å². The molecule has 1 rings (SSSR count). The van der Waals surface area contributed by atoms with Gasteiger partial charge in [0.1, 0.15) is 5.75 Å². The third-order valence-electron chi connectivity index (χ3n) is 2.57. The Labute approximate surface area is 93.5 Å². The Morgan fingerprint density at radius 1 is 1.13 bits per heavy atom. The topological polar surface area (TPSA) is 9.23 Å². The van der Waals surface area contributed by atoms with Crippen molar-refractivity contribution < 1.29 is 4.74 Å². The molecule has 0 aliphatic rings. The Morgan fingerprint density at radius 3 is 2.40 bits per heavy atom. The third kappa shape index (κ3) is 4.37. The van der Waals surface area contributed by atoms with Gasteiger partial charge in [-0.2, -0.15) is 0 Å². The number of rotatable bonds is 4. The van der Waals surface area contributed by atoms with Crippen LogP contribution in [0.2, 0.25) is 0 Å². The zero-order valence-electron chi connectivity index (χ0n) is 10.3. The normalized spacial score (nSPS) is 11.5. The first-order valence-corrected chi connectivity index (χ1v) is 5.65. The van der Waals surface area contributed by atoms with Gasteiger partial charge in [-0.1, -0.05) is 39.0 Å².